The summed E-state index contributed by atoms with van der Waals surface area (Å²) in [6.07, 6.45) is 5.25. The van der Waals surface area contributed by atoms with Gasteiger partial charge in [0, 0.05) is 23.8 Å². The molecule has 0 radical (unpaired) electrons. The van der Waals surface area contributed by atoms with E-state index in [1.165, 1.54) is 6.08 Å². The molecule has 5 nitrogen and oxygen atoms in total. The van der Waals surface area contributed by atoms with Gasteiger partial charge in [0.25, 0.3) is 11.6 Å². The van der Waals surface area contributed by atoms with Crippen LogP contribution in [-0.4, -0.2) is 10.8 Å². The third-order valence-corrected chi connectivity index (χ3v) is 2.77. The lowest BCUT2D eigenvalue weighted by Crippen LogP contribution is -2.15. The lowest BCUT2D eigenvalue weighted by molar-refractivity contribution is -0.421. The molecule has 1 heterocycles. The normalized spacial score (nSPS) is 21.9. The molecule has 1 amide bonds. The largest absolute Gasteiger partial charge is 0.322 e. The standard InChI is InChI=1S/C10H6N2O3/c13-10-7-4-9(12(14)15)5-1-2-8(11-10)6(7)3-5/h1-2,4H,3H2,(H,11,13). The summed E-state index contributed by atoms with van der Waals surface area (Å²) in [6.45, 7) is 0. The minimum atomic E-state index is -0.444. The average molecular weight is 202 g/mol. The number of rotatable bonds is 1. The molecule has 74 valence electrons. The molecule has 3 rings (SSSR count). The topological polar surface area (TPSA) is 72.2 Å². The van der Waals surface area contributed by atoms with Crippen LogP contribution in [-0.2, 0) is 4.79 Å². The van der Waals surface area contributed by atoms with Crippen LogP contribution in [0.2, 0.25) is 0 Å². The van der Waals surface area contributed by atoms with Crippen LogP contribution in [0.15, 0.2) is 46.3 Å². The van der Waals surface area contributed by atoms with Crippen LogP contribution in [0.4, 0.5) is 0 Å². The van der Waals surface area contributed by atoms with Gasteiger partial charge >= 0.3 is 0 Å². The number of hydrogen-bond donors (Lipinski definition) is 1. The van der Waals surface area contributed by atoms with Gasteiger partial charge in [-0.25, -0.2) is 0 Å². The number of nitrogens with one attached hydrogen (secondary N) is 1. The van der Waals surface area contributed by atoms with Crippen molar-refractivity contribution in [3.05, 3.63) is 56.5 Å². The molecule has 0 spiro atoms. The molecule has 1 aliphatic heterocycles. The van der Waals surface area contributed by atoms with Crippen molar-refractivity contribution >= 4 is 5.91 Å². The van der Waals surface area contributed by atoms with Crippen molar-refractivity contribution in [3.8, 4) is 0 Å². The lowest BCUT2D eigenvalue weighted by atomic mass is 9.88. The Morgan fingerprint density at radius 2 is 2.20 bits per heavy atom. The van der Waals surface area contributed by atoms with Gasteiger partial charge in [-0.3, -0.25) is 14.9 Å². The van der Waals surface area contributed by atoms with Crippen molar-refractivity contribution < 1.29 is 9.72 Å². The quantitative estimate of drug-likeness (QED) is 0.505. The van der Waals surface area contributed by atoms with Gasteiger partial charge in [0.1, 0.15) is 0 Å². The van der Waals surface area contributed by atoms with E-state index in [1.807, 2.05) is 0 Å². The third-order valence-electron chi connectivity index (χ3n) is 2.77. The fraction of sp³-hybridized carbons (Fsp3) is 0.100. The first kappa shape index (κ1) is 8.16. The molecule has 0 aromatic heterocycles. The molecule has 1 N–H and O–H groups in total. The van der Waals surface area contributed by atoms with E-state index in [2.05, 4.69) is 5.32 Å². The molecular weight excluding hydrogens is 196 g/mol. The fourth-order valence-electron chi connectivity index (χ4n) is 2.04. The van der Waals surface area contributed by atoms with Gasteiger partial charge in [0.2, 0.25) is 0 Å². The molecule has 3 aliphatic rings. The summed E-state index contributed by atoms with van der Waals surface area (Å²) in [4.78, 5) is 21.8. The Morgan fingerprint density at radius 3 is 2.93 bits per heavy atom. The summed E-state index contributed by atoms with van der Waals surface area (Å²) in [6, 6.07) is 0. The number of fused-ring (bicyclic) bond motifs is 1. The smallest absolute Gasteiger partial charge is 0.273 e. The maximum Gasteiger partial charge on any atom is 0.273 e. The van der Waals surface area contributed by atoms with E-state index in [1.54, 1.807) is 12.2 Å². The van der Waals surface area contributed by atoms with Gasteiger partial charge in [-0.05, 0) is 17.7 Å². The van der Waals surface area contributed by atoms with Crippen LogP contribution in [0.25, 0.3) is 0 Å². The first-order valence-electron chi connectivity index (χ1n) is 4.49. The van der Waals surface area contributed by atoms with Gasteiger partial charge < -0.3 is 5.32 Å². The summed E-state index contributed by atoms with van der Waals surface area (Å²) in [5.41, 5.74) is 2.78. The summed E-state index contributed by atoms with van der Waals surface area (Å²) in [7, 11) is 0. The van der Waals surface area contributed by atoms with Gasteiger partial charge in [0.05, 0.1) is 10.5 Å². The van der Waals surface area contributed by atoms with Crippen molar-refractivity contribution in [2.24, 2.45) is 0 Å². The third kappa shape index (κ3) is 0.942. The highest BCUT2D eigenvalue weighted by Crippen LogP contribution is 2.38. The van der Waals surface area contributed by atoms with Gasteiger partial charge in [0.15, 0.2) is 0 Å². The molecule has 2 bridgehead atoms. The Bertz CT molecular complexity index is 535. The number of nitro groups is 1. The number of hydrogen-bond acceptors (Lipinski definition) is 3. The predicted octanol–water partition coefficient (Wildman–Crippen LogP) is 0.801. The van der Waals surface area contributed by atoms with Crippen LogP contribution in [0.3, 0.4) is 0 Å². The maximum absolute atomic E-state index is 11.5. The molecule has 0 aromatic carbocycles. The first-order chi connectivity index (χ1) is 7.16. The van der Waals surface area contributed by atoms with E-state index >= 15 is 0 Å². The minimum absolute atomic E-state index is 0.0288. The number of nitrogens with zero attached hydrogens (tertiary/aromatic N) is 1. The Morgan fingerprint density at radius 1 is 1.40 bits per heavy atom. The van der Waals surface area contributed by atoms with Crippen molar-refractivity contribution in [1.82, 2.24) is 5.32 Å². The summed E-state index contributed by atoms with van der Waals surface area (Å²) in [5.74, 6) is -0.245. The van der Waals surface area contributed by atoms with Crippen molar-refractivity contribution in [2.75, 3.05) is 0 Å². The Hall–Kier alpha value is -2.17. The van der Waals surface area contributed by atoms with Crippen LogP contribution >= 0.6 is 0 Å². The Labute approximate surface area is 84.6 Å². The Kier molecular flexibility index (Phi) is 1.33. The summed E-state index contributed by atoms with van der Waals surface area (Å²) in [5, 5.41) is 13.4. The van der Waals surface area contributed by atoms with E-state index in [-0.39, 0.29) is 11.6 Å². The molecule has 0 aromatic rings. The number of amides is 1. The number of carbonyl (C=O) groups excluding carboxylic acids is 1. The van der Waals surface area contributed by atoms with E-state index < -0.39 is 4.92 Å². The van der Waals surface area contributed by atoms with Crippen molar-refractivity contribution in [2.45, 2.75) is 6.42 Å². The summed E-state index contributed by atoms with van der Waals surface area (Å²) >= 11 is 0. The molecule has 0 saturated carbocycles. The predicted molar refractivity (Wildman–Crippen MR) is 51.0 cm³/mol. The first-order valence-corrected chi connectivity index (χ1v) is 4.49. The molecule has 0 atom stereocenters. The molecule has 5 heteroatoms. The van der Waals surface area contributed by atoms with Gasteiger partial charge in [-0.1, -0.05) is 0 Å². The van der Waals surface area contributed by atoms with Gasteiger partial charge in [-0.15, -0.1) is 0 Å². The summed E-state index contributed by atoms with van der Waals surface area (Å²) < 4.78 is 0. The SMILES string of the molecule is O=C1NC2=CC=C3CC2=C1C=C3[N+](=O)[O-]. The van der Waals surface area contributed by atoms with E-state index in [0.717, 1.165) is 11.3 Å². The molecular formula is C10H6N2O3. The molecule has 0 unspecified atom stereocenters. The number of carbonyl (C=O) groups is 1. The van der Waals surface area contributed by atoms with E-state index in [0.29, 0.717) is 17.6 Å². The van der Waals surface area contributed by atoms with Crippen LogP contribution in [0.1, 0.15) is 6.42 Å². The highest BCUT2D eigenvalue weighted by Gasteiger charge is 2.36. The zero-order chi connectivity index (χ0) is 10.6. The van der Waals surface area contributed by atoms with Crippen LogP contribution in [0.5, 0.6) is 0 Å². The maximum atomic E-state index is 11.5. The van der Waals surface area contributed by atoms with Crippen molar-refractivity contribution in [1.29, 1.82) is 0 Å². The average Bonchev–Trinajstić information content (AvgIpc) is 2.55. The minimum Gasteiger partial charge on any atom is -0.322 e. The highest BCUT2D eigenvalue weighted by molar-refractivity contribution is 6.04. The fourth-order valence-corrected chi connectivity index (χ4v) is 2.04. The Balaban J connectivity index is 2.25. The lowest BCUT2D eigenvalue weighted by Gasteiger charge is -2.15. The second-order valence-electron chi connectivity index (χ2n) is 3.58. The molecule has 0 fully saturated rings. The monoisotopic (exact) mass is 202 g/mol. The van der Waals surface area contributed by atoms with Crippen molar-refractivity contribution in [3.63, 3.8) is 0 Å². The zero-order valence-corrected chi connectivity index (χ0v) is 7.61. The van der Waals surface area contributed by atoms with E-state index in [9.17, 15) is 14.9 Å². The van der Waals surface area contributed by atoms with Crippen LogP contribution in [0, 0.1) is 10.1 Å². The van der Waals surface area contributed by atoms with E-state index in [4.69, 9.17) is 0 Å². The van der Waals surface area contributed by atoms with Crippen LogP contribution < -0.4 is 5.32 Å². The highest BCUT2D eigenvalue weighted by atomic mass is 16.6. The zero-order valence-electron chi connectivity index (χ0n) is 7.61. The number of allylic oxidation sites excluding steroid dienone is 4. The molecule has 2 aliphatic carbocycles. The second kappa shape index (κ2) is 2.44. The second-order valence-corrected chi connectivity index (χ2v) is 3.58. The molecule has 0 saturated heterocycles. The molecule has 15 heavy (non-hydrogen) atoms. The van der Waals surface area contributed by atoms with Gasteiger partial charge in [-0.2, -0.15) is 0 Å².